The Balaban J connectivity index is 1.52. The number of carboxylic acid groups (broad SMARTS) is 1. The summed E-state index contributed by atoms with van der Waals surface area (Å²) in [5.74, 6) is -0.137. The third-order valence-electron chi connectivity index (χ3n) is 7.01. The minimum Gasteiger partial charge on any atom is -0.489 e. The molecule has 42 heavy (non-hydrogen) atoms. The maximum atomic E-state index is 13.9. The van der Waals surface area contributed by atoms with Gasteiger partial charge in [-0.15, -0.1) is 0 Å². The number of ether oxygens (including phenoxy) is 2. The molecule has 1 atom stereocenters. The third-order valence-corrected chi connectivity index (χ3v) is 7.01. The van der Waals surface area contributed by atoms with Crippen LogP contribution in [0.1, 0.15) is 34.7 Å². The topological polar surface area (TPSA) is 68.7 Å². The van der Waals surface area contributed by atoms with E-state index in [9.17, 15) is 18.0 Å². The fraction of sp³-hybridized carbons (Fsp3) is 0.176. The predicted molar refractivity (Wildman–Crippen MR) is 155 cm³/mol. The van der Waals surface area contributed by atoms with Crippen LogP contribution in [0.25, 0.3) is 22.0 Å². The number of para-hydroxylation sites is 1. The first-order valence-corrected chi connectivity index (χ1v) is 13.3. The lowest BCUT2D eigenvalue weighted by Gasteiger charge is -2.17. The number of alkyl halides is 3. The van der Waals surface area contributed by atoms with Gasteiger partial charge in [-0.3, -0.25) is 4.98 Å². The van der Waals surface area contributed by atoms with Gasteiger partial charge in [-0.25, -0.2) is 4.79 Å². The number of nitrogens with zero attached hydrogens (tertiary/aromatic N) is 1. The summed E-state index contributed by atoms with van der Waals surface area (Å²) in [7, 11) is 0. The Morgan fingerprint density at radius 2 is 1.64 bits per heavy atom. The van der Waals surface area contributed by atoms with E-state index in [0.717, 1.165) is 28.3 Å². The summed E-state index contributed by atoms with van der Waals surface area (Å²) in [4.78, 5) is 15.4. The van der Waals surface area contributed by atoms with E-state index in [1.807, 2.05) is 49.4 Å². The lowest BCUT2D eigenvalue weighted by Crippen LogP contribution is -2.22. The summed E-state index contributed by atoms with van der Waals surface area (Å²) in [5, 5.41) is 9.52. The lowest BCUT2D eigenvalue weighted by molar-refractivity contribution is -0.144. The Morgan fingerprint density at radius 1 is 0.905 bits per heavy atom. The predicted octanol–water partition coefficient (Wildman–Crippen LogP) is 8.25. The smallest absolute Gasteiger partial charge is 0.418 e. The van der Waals surface area contributed by atoms with Gasteiger partial charge in [0.25, 0.3) is 0 Å². The number of hydrogen-bond donors (Lipinski definition) is 1. The molecule has 1 unspecified atom stereocenters. The molecule has 0 amide bonds. The number of carboxylic acids is 1. The van der Waals surface area contributed by atoms with Crippen LogP contribution in [0.15, 0.2) is 97.2 Å². The van der Waals surface area contributed by atoms with Crippen molar-refractivity contribution in [3.05, 3.63) is 125 Å². The molecular weight excluding hydrogens is 543 g/mol. The van der Waals surface area contributed by atoms with E-state index >= 15 is 0 Å². The van der Waals surface area contributed by atoms with Crippen LogP contribution in [0, 0.1) is 6.92 Å². The number of aromatic nitrogens is 1. The Hall–Kier alpha value is -4.85. The van der Waals surface area contributed by atoms with E-state index in [-0.39, 0.29) is 12.1 Å². The second-order valence-electron chi connectivity index (χ2n) is 10.0. The summed E-state index contributed by atoms with van der Waals surface area (Å²) in [6.07, 6.45) is -3.52. The second kappa shape index (κ2) is 11.9. The molecule has 1 N–H and O–H groups in total. The van der Waals surface area contributed by atoms with Crippen molar-refractivity contribution >= 4 is 16.9 Å². The summed E-state index contributed by atoms with van der Waals surface area (Å²) in [6.45, 7) is 3.63. The van der Waals surface area contributed by atoms with Gasteiger partial charge >= 0.3 is 12.1 Å². The molecule has 0 aliphatic carbocycles. The second-order valence-corrected chi connectivity index (χ2v) is 10.0. The highest BCUT2D eigenvalue weighted by Gasteiger charge is 2.33. The average Bonchev–Trinajstić information content (AvgIpc) is 2.96. The summed E-state index contributed by atoms with van der Waals surface area (Å²) < 4.78 is 53.3. The minimum absolute atomic E-state index is 0.104. The standard InChI is InChI=1S/C34H28F3NO4/c1-21-8-3-4-10-24(21)17-26-19-38-32-29(14-7-15-30(32)34(35,36)37)31(26)25-11-6-12-27(18-25)41-20-23-9-5-13-28(16-23)42-22(2)33(39)40/h3-16,18-19,22H,17,20H2,1-2H3,(H,39,40). The Kier molecular flexibility index (Phi) is 8.15. The number of rotatable bonds is 9. The van der Waals surface area contributed by atoms with Crippen LogP contribution < -0.4 is 9.47 Å². The number of fused-ring (bicyclic) bond motifs is 1. The quantitative estimate of drug-likeness (QED) is 0.193. The molecule has 1 aromatic heterocycles. The van der Waals surface area contributed by atoms with Crippen LogP contribution in [0.5, 0.6) is 11.5 Å². The van der Waals surface area contributed by atoms with Crippen molar-refractivity contribution < 1.29 is 32.5 Å². The molecular formula is C34H28F3NO4. The van der Waals surface area contributed by atoms with Gasteiger partial charge in [0.15, 0.2) is 6.10 Å². The molecule has 0 radical (unpaired) electrons. The molecule has 4 aromatic carbocycles. The minimum atomic E-state index is -4.55. The largest absolute Gasteiger partial charge is 0.489 e. The van der Waals surface area contributed by atoms with E-state index in [1.54, 1.807) is 36.4 Å². The Morgan fingerprint density at radius 3 is 2.40 bits per heavy atom. The van der Waals surface area contributed by atoms with Gasteiger partial charge in [-0.1, -0.05) is 60.7 Å². The molecule has 0 spiro atoms. The first-order chi connectivity index (χ1) is 20.1. The molecule has 0 saturated carbocycles. The summed E-state index contributed by atoms with van der Waals surface area (Å²) >= 11 is 0. The zero-order valence-corrected chi connectivity index (χ0v) is 23.0. The van der Waals surface area contributed by atoms with Crippen molar-refractivity contribution in [1.82, 2.24) is 4.98 Å². The van der Waals surface area contributed by atoms with Gasteiger partial charge in [0.2, 0.25) is 0 Å². The molecule has 5 nitrogen and oxygen atoms in total. The molecule has 1 heterocycles. The van der Waals surface area contributed by atoms with E-state index < -0.39 is 23.8 Å². The molecule has 214 valence electrons. The van der Waals surface area contributed by atoms with E-state index in [4.69, 9.17) is 14.6 Å². The molecule has 8 heteroatoms. The zero-order valence-electron chi connectivity index (χ0n) is 23.0. The molecule has 0 fully saturated rings. The van der Waals surface area contributed by atoms with E-state index in [2.05, 4.69) is 4.98 Å². The first kappa shape index (κ1) is 28.7. The van der Waals surface area contributed by atoms with Gasteiger partial charge < -0.3 is 14.6 Å². The van der Waals surface area contributed by atoms with Crippen LogP contribution in [0.2, 0.25) is 0 Å². The Bertz CT molecular complexity index is 1750. The summed E-state index contributed by atoms with van der Waals surface area (Å²) in [6, 6.07) is 26.2. The monoisotopic (exact) mass is 571 g/mol. The van der Waals surface area contributed by atoms with Crippen molar-refractivity contribution in [2.75, 3.05) is 0 Å². The Labute approximate surface area is 241 Å². The molecule has 0 aliphatic rings. The zero-order chi connectivity index (χ0) is 29.9. The summed E-state index contributed by atoms with van der Waals surface area (Å²) in [5.41, 5.74) is 4.17. The normalized spacial score (nSPS) is 12.2. The fourth-order valence-electron chi connectivity index (χ4n) is 4.85. The molecule has 5 aromatic rings. The third kappa shape index (κ3) is 6.38. The van der Waals surface area contributed by atoms with Gasteiger partial charge in [0, 0.05) is 11.6 Å². The van der Waals surface area contributed by atoms with Crippen molar-refractivity contribution in [2.24, 2.45) is 0 Å². The SMILES string of the molecule is Cc1ccccc1Cc1cnc2c(C(F)(F)F)cccc2c1-c1cccc(OCc2cccc(OC(C)C(=O)O)c2)c1. The number of benzene rings is 4. The molecule has 5 rings (SSSR count). The number of aliphatic carboxylic acids is 1. The van der Waals surface area contributed by atoms with Crippen LogP contribution in [-0.4, -0.2) is 22.2 Å². The van der Waals surface area contributed by atoms with Crippen LogP contribution >= 0.6 is 0 Å². The average molecular weight is 572 g/mol. The number of halogens is 3. The van der Waals surface area contributed by atoms with Crippen molar-refractivity contribution in [2.45, 2.75) is 39.2 Å². The highest BCUT2D eigenvalue weighted by molar-refractivity contribution is 5.98. The highest BCUT2D eigenvalue weighted by Crippen LogP contribution is 2.40. The molecule has 0 saturated heterocycles. The maximum absolute atomic E-state index is 13.9. The number of hydrogen-bond acceptors (Lipinski definition) is 4. The number of pyridine rings is 1. The van der Waals surface area contributed by atoms with Crippen molar-refractivity contribution in [3.63, 3.8) is 0 Å². The molecule has 0 aliphatic heterocycles. The fourth-order valence-corrected chi connectivity index (χ4v) is 4.85. The van der Waals surface area contributed by atoms with Gasteiger partial charge in [0.05, 0.1) is 11.1 Å². The lowest BCUT2D eigenvalue weighted by atomic mass is 9.91. The van der Waals surface area contributed by atoms with Crippen molar-refractivity contribution in [1.29, 1.82) is 0 Å². The van der Waals surface area contributed by atoms with E-state index in [0.29, 0.717) is 34.4 Å². The number of aryl methyl sites for hydroxylation is 1. The number of carbonyl (C=O) groups is 1. The highest BCUT2D eigenvalue weighted by atomic mass is 19.4. The van der Waals surface area contributed by atoms with E-state index in [1.165, 1.54) is 19.2 Å². The molecule has 0 bridgehead atoms. The van der Waals surface area contributed by atoms with Gasteiger partial charge in [0.1, 0.15) is 18.1 Å². The van der Waals surface area contributed by atoms with Crippen LogP contribution in [0.3, 0.4) is 0 Å². The van der Waals surface area contributed by atoms with Crippen LogP contribution in [-0.2, 0) is 24.0 Å². The first-order valence-electron chi connectivity index (χ1n) is 13.3. The van der Waals surface area contributed by atoms with Crippen LogP contribution in [0.4, 0.5) is 13.2 Å². The maximum Gasteiger partial charge on any atom is 0.418 e. The van der Waals surface area contributed by atoms with Gasteiger partial charge in [-0.2, -0.15) is 13.2 Å². The van der Waals surface area contributed by atoms with Crippen molar-refractivity contribution in [3.8, 4) is 22.6 Å². The van der Waals surface area contributed by atoms with Gasteiger partial charge in [-0.05, 0) is 84.0 Å².